The summed E-state index contributed by atoms with van der Waals surface area (Å²) in [6.45, 7) is 0. The first-order valence-electron chi connectivity index (χ1n) is 22.1. The van der Waals surface area contributed by atoms with Crippen LogP contribution in [0, 0.1) is 0 Å². The Morgan fingerprint density at radius 2 is 0.953 bits per heavy atom. The topological polar surface area (TPSA) is 50.9 Å². The maximum Gasteiger partial charge on any atom is 0.209 e. The molecule has 2 atom stereocenters. The fourth-order valence-electron chi connectivity index (χ4n) is 10.2. The zero-order valence-corrected chi connectivity index (χ0v) is 34.9. The van der Waals surface area contributed by atoms with Gasteiger partial charge in [-0.25, -0.2) is 4.99 Å². The first kappa shape index (κ1) is 36.4. The zero-order chi connectivity index (χ0) is 42.1. The van der Waals surface area contributed by atoms with Crippen molar-refractivity contribution in [2.45, 2.75) is 12.3 Å². The molecule has 2 aromatic heterocycles. The number of aliphatic imine (C=N–C) groups is 1. The fourth-order valence-corrected chi connectivity index (χ4v) is 10.2. The van der Waals surface area contributed by atoms with Crippen molar-refractivity contribution in [1.29, 1.82) is 0 Å². The maximum absolute atomic E-state index is 5.53. The molecule has 302 valence electrons. The predicted octanol–water partition coefficient (Wildman–Crippen LogP) is 13.2. The van der Waals surface area contributed by atoms with Crippen LogP contribution in [0.4, 0.5) is 0 Å². The van der Waals surface area contributed by atoms with Gasteiger partial charge in [-0.1, -0.05) is 164 Å². The van der Waals surface area contributed by atoms with Crippen LogP contribution in [0.25, 0.3) is 87.7 Å². The van der Waals surface area contributed by atoms with Crippen LogP contribution in [-0.4, -0.2) is 15.0 Å². The number of hydrogen-bond donors (Lipinski definition) is 2. The highest BCUT2D eigenvalue weighted by Crippen LogP contribution is 2.39. The van der Waals surface area contributed by atoms with Gasteiger partial charge in [0.2, 0.25) is 6.17 Å². The standard InChI is InChI=1S/C59H41N5/c1-2-14-38(15-3-1)41-20-12-21-44(32-41)57-60-58(62-59(61-57)46-29-28-39-16-4-5-17-40(39)33-46)45-22-13-23-47(34-45)64-55-36-43-19-7-6-18-42(43)35-52(55)51-31-30-48(37-56(51)64)63-53-26-10-8-24-49(53)50-25-9-11-27-54(50)63/h1-37,58-59,62H,(H,60,61)/p+1. The molecule has 0 radical (unpaired) electrons. The third-order valence-corrected chi connectivity index (χ3v) is 13.2. The van der Waals surface area contributed by atoms with E-state index in [1.54, 1.807) is 0 Å². The predicted molar refractivity (Wildman–Crippen MR) is 266 cm³/mol. The average Bonchev–Trinajstić information content (AvgIpc) is 3.87. The summed E-state index contributed by atoms with van der Waals surface area (Å²) in [5.41, 5.74) is 12.7. The second-order valence-electron chi connectivity index (χ2n) is 17.0. The molecule has 5 nitrogen and oxygen atoms in total. The van der Waals surface area contributed by atoms with Crippen LogP contribution in [0.5, 0.6) is 0 Å². The van der Waals surface area contributed by atoms with Gasteiger partial charge in [-0.3, -0.25) is 5.32 Å². The molecule has 12 aromatic rings. The van der Waals surface area contributed by atoms with Gasteiger partial charge in [0.1, 0.15) is 5.84 Å². The zero-order valence-electron chi connectivity index (χ0n) is 34.9. The highest BCUT2D eigenvalue weighted by molar-refractivity contribution is 6.15. The summed E-state index contributed by atoms with van der Waals surface area (Å²) in [5, 5.41) is 16.1. The number of fused-ring (bicyclic) bond motifs is 8. The smallest absolute Gasteiger partial charge is 0.209 e. The highest BCUT2D eigenvalue weighted by Gasteiger charge is 2.30. The molecule has 0 amide bonds. The molecule has 2 unspecified atom stereocenters. The third-order valence-electron chi connectivity index (χ3n) is 13.2. The second kappa shape index (κ2) is 14.7. The molecule has 0 saturated carbocycles. The van der Waals surface area contributed by atoms with Crippen LogP contribution in [0.15, 0.2) is 229 Å². The average molecular weight is 821 g/mol. The van der Waals surface area contributed by atoms with Crippen molar-refractivity contribution in [2.75, 3.05) is 0 Å². The summed E-state index contributed by atoms with van der Waals surface area (Å²) in [6.07, 6.45) is -0.283. The molecule has 0 fully saturated rings. The molecule has 3 N–H and O–H groups in total. The van der Waals surface area contributed by atoms with Gasteiger partial charge in [-0.15, -0.1) is 0 Å². The number of benzene rings is 10. The Morgan fingerprint density at radius 1 is 0.359 bits per heavy atom. The minimum atomic E-state index is -0.213. The second-order valence-corrected chi connectivity index (χ2v) is 17.0. The van der Waals surface area contributed by atoms with Crippen LogP contribution in [-0.2, 0) is 0 Å². The van der Waals surface area contributed by atoms with E-state index in [9.17, 15) is 0 Å². The Labute approximate surface area is 370 Å². The van der Waals surface area contributed by atoms with E-state index < -0.39 is 0 Å². The van der Waals surface area contributed by atoms with E-state index in [4.69, 9.17) is 4.99 Å². The number of nitrogens with two attached hydrogens (primary N) is 1. The van der Waals surface area contributed by atoms with Crippen LogP contribution in [0.1, 0.15) is 29.0 Å². The number of aromatic nitrogens is 2. The molecule has 64 heavy (non-hydrogen) atoms. The lowest BCUT2D eigenvalue weighted by Gasteiger charge is -2.29. The summed E-state index contributed by atoms with van der Waals surface area (Å²) >= 11 is 0. The summed E-state index contributed by atoms with van der Waals surface area (Å²) < 4.78 is 4.88. The highest BCUT2D eigenvalue weighted by atomic mass is 15.3. The lowest BCUT2D eigenvalue weighted by atomic mass is 10.0. The number of nitrogens with one attached hydrogen (secondary N) is 1. The molecule has 0 spiro atoms. The molecule has 0 aliphatic carbocycles. The minimum absolute atomic E-state index is 0.0699. The van der Waals surface area contributed by atoms with Gasteiger partial charge in [0.05, 0.1) is 22.1 Å². The van der Waals surface area contributed by atoms with Gasteiger partial charge in [-0.05, 0) is 93.3 Å². The van der Waals surface area contributed by atoms with E-state index in [1.807, 2.05) is 0 Å². The quantitative estimate of drug-likeness (QED) is 0.172. The molecule has 0 bridgehead atoms. The van der Waals surface area contributed by atoms with E-state index >= 15 is 0 Å². The molecular formula is C59H42N5+. The number of quaternary nitrogens is 1. The van der Waals surface area contributed by atoms with Crippen molar-refractivity contribution in [3.8, 4) is 22.5 Å². The molecule has 1 aliphatic rings. The fraction of sp³-hybridized carbons (Fsp3) is 0.0339. The van der Waals surface area contributed by atoms with E-state index in [0.29, 0.717) is 0 Å². The number of nitrogens with zero attached hydrogens (tertiary/aromatic N) is 3. The van der Waals surface area contributed by atoms with Gasteiger partial charge in [0, 0.05) is 49.6 Å². The third kappa shape index (κ3) is 6.01. The van der Waals surface area contributed by atoms with Gasteiger partial charge in [0.15, 0.2) is 6.17 Å². The molecule has 13 rings (SSSR count). The first-order valence-corrected chi connectivity index (χ1v) is 22.1. The van der Waals surface area contributed by atoms with Crippen molar-refractivity contribution in [3.05, 3.63) is 241 Å². The van der Waals surface area contributed by atoms with Crippen molar-refractivity contribution in [3.63, 3.8) is 0 Å². The Morgan fingerprint density at radius 3 is 1.75 bits per heavy atom. The maximum atomic E-state index is 5.53. The van der Waals surface area contributed by atoms with Crippen LogP contribution < -0.4 is 10.6 Å². The van der Waals surface area contributed by atoms with Crippen molar-refractivity contribution in [1.82, 2.24) is 14.5 Å². The van der Waals surface area contributed by atoms with E-state index in [1.165, 1.54) is 70.8 Å². The van der Waals surface area contributed by atoms with Gasteiger partial charge < -0.3 is 14.5 Å². The number of hydrogen-bond acceptors (Lipinski definition) is 2. The Bertz CT molecular complexity index is 3770. The summed E-state index contributed by atoms with van der Waals surface area (Å²) in [6, 6.07) is 81.7. The van der Waals surface area contributed by atoms with Crippen LogP contribution in [0.3, 0.4) is 0 Å². The van der Waals surface area contributed by atoms with Crippen LogP contribution >= 0.6 is 0 Å². The molecule has 0 saturated heterocycles. The van der Waals surface area contributed by atoms with Crippen molar-refractivity contribution in [2.24, 2.45) is 4.99 Å². The Kier molecular flexibility index (Phi) is 8.36. The molecule has 10 aromatic carbocycles. The first-order chi connectivity index (χ1) is 31.7. The molecular weight excluding hydrogens is 779 g/mol. The summed E-state index contributed by atoms with van der Waals surface area (Å²) in [5.74, 6) is 0.882. The van der Waals surface area contributed by atoms with E-state index in [2.05, 4.69) is 244 Å². The lowest BCUT2D eigenvalue weighted by Crippen LogP contribution is -2.90. The number of rotatable bonds is 6. The largest absolute Gasteiger partial charge is 0.317 e. The monoisotopic (exact) mass is 820 g/mol. The number of para-hydroxylation sites is 2. The van der Waals surface area contributed by atoms with Gasteiger partial charge in [0.25, 0.3) is 0 Å². The van der Waals surface area contributed by atoms with Crippen molar-refractivity contribution >= 4 is 71.0 Å². The molecule has 5 heteroatoms. The summed E-state index contributed by atoms with van der Waals surface area (Å²) in [7, 11) is 0. The Hall–Kier alpha value is -8.25. The summed E-state index contributed by atoms with van der Waals surface area (Å²) in [4.78, 5) is 5.53. The Balaban J connectivity index is 0.991. The van der Waals surface area contributed by atoms with Gasteiger partial charge in [-0.2, -0.15) is 0 Å². The van der Waals surface area contributed by atoms with E-state index in [0.717, 1.165) is 39.4 Å². The van der Waals surface area contributed by atoms with E-state index in [-0.39, 0.29) is 12.3 Å². The minimum Gasteiger partial charge on any atom is -0.317 e. The van der Waals surface area contributed by atoms with Crippen LogP contribution in [0.2, 0.25) is 0 Å². The molecule has 1 aliphatic heterocycles. The SMILES string of the molecule is c1ccc(-c2cccc(C3=NC(c4cccc(-n5c6cc(-n7c8ccccc8c8ccccc87)ccc6c6cc7ccccc7cc65)c4)[NH2+]C(c4ccc5ccccc5c4)N3)c2)cc1. The van der Waals surface area contributed by atoms with Gasteiger partial charge >= 0.3 is 0 Å². The van der Waals surface area contributed by atoms with Crippen molar-refractivity contribution < 1.29 is 5.32 Å². The lowest BCUT2D eigenvalue weighted by molar-refractivity contribution is -0.739. The normalized spacial score (nSPS) is 15.3. The number of amidine groups is 1. The molecule has 3 heterocycles.